The van der Waals surface area contributed by atoms with Gasteiger partial charge < -0.3 is 0 Å². The van der Waals surface area contributed by atoms with E-state index in [-0.39, 0.29) is 21.5 Å². The maximum Gasteiger partial charge on any atom is 0.265 e. The number of halogens is 1. The number of carbonyl (C=O) groups excluding carboxylic acids is 1. The first-order chi connectivity index (χ1) is 10.7. The Morgan fingerprint density at radius 2 is 1.91 bits per heavy atom. The first-order valence-electron chi connectivity index (χ1n) is 6.96. The molecule has 0 aliphatic rings. The minimum Gasteiger partial charge on any atom is -0.268 e. The molecule has 2 rings (SSSR count). The Morgan fingerprint density at radius 3 is 2.52 bits per heavy atom. The summed E-state index contributed by atoms with van der Waals surface area (Å²) in [7, 11) is -3.43. The van der Waals surface area contributed by atoms with Crippen molar-refractivity contribution in [3.63, 3.8) is 0 Å². The Hall–Kier alpha value is -1.92. The molecule has 0 aliphatic carbocycles. The molecule has 0 unspecified atom stereocenters. The second-order valence-corrected chi connectivity index (χ2v) is 7.79. The van der Waals surface area contributed by atoms with Crippen molar-refractivity contribution in [3.05, 3.63) is 58.7 Å². The largest absolute Gasteiger partial charge is 0.268 e. The highest BCUT2D eigenvalue weighted by Crippen LogP contribution is 2.21. The summed E-state index contributed by atoms with van der Waals surface area (Å²) < 4.78 is 24.7. The third kappa shape index (κ3) is 4.09. The van der Waals surface area contributed by atoms with Gasteiger partial charge in [-0.15, -0.1) is 0 Å². The molecule has 0 radical (unpaired) electrons. The molecule has 0 N–H and O–H groups in total. The molecule has 23 heavy (non-hydrogen) atoms. The topological polar surface area (TPSA) is 68.5 Å². The van der Waals surface area contributed by atoms with E-state index in [4.69, 9.17) is 11.6 Å². The summed E-state index contributed by atoms with van der Waals surface area (Å²) >= 11 is 6.09. The lowest BCUT2D eigenvalue weighted by molar-refractivity contribution is 0.0954. The zero-order valence-electron chi connectivity index (χ0n) is 13.0. The van der Waals surface area contributed by atoms with Crippen molar-refractivity contribution in [2.75, 3.05) is 6.26 Å². The molecule has 0 bridgehead atoms. The number of aromatic nitrogens is 1. The molecular formula is C16H17ClN2O3S. The number of sulfone groups is 1. The number of pyridine rings is 1. The minimum atomic E-state index is -3.43. The van der Waals surface area contributed by atoms with Gasteiger partial charge >= 0.3 is 0 Å². The maximum absolute atomic E-state index is 12.8. The Labute approximate surface area is 140 Å². The lowest BCUT2D eigenvalue weighted by atomic mass is 10.2. The van der Waals surface area contributed by atoms with Gasteiger partial charge in [0.05, 0.1) is 15.5 Å². The lowest BCUT2D eigenvalue weighted by Gasteiger charge is -2.10. The van der Waals surface area contributed by atoms with Crippen LogP contribution < -0.4 is 5.49 Å². The SMILES string of the molecule is CC(C)N=c1ccccn1C(=O)c1cc(S(C)(=O)=O)ccc1Cl. The van der Waals surface area contributed by atoms with Crippen molar-refractivity contribution >= 4 is 27.3 Å². The van der Waals surface area contributed by atoms with Crippen LogP contribution in [0, 0.1) is 0 Å². The summed E-state index contributed by atoms with van der Waals surface area (Å²) in [4.78, 5) is 17.2. The summed E-state index contributed by atoms with van der Waals surface area (Å²) in [6.07, 6.45) is 2.66. The fourth-order valence-corrected chi connectivity index (χ4v) is 2.85. The number of hydrogen-bond donors (Lipinski definition) is 0. The smallest absolute Gasteiger partial charge is 0.265 e. The van der Waals surface area contributed by atoms with E-state index >= 15 is 0 Å². The number of benzene rings is 1. The molecule has 122 valence electrons. The van der Waals surface area contributed by atoms with Gasteiger partial charge in [0.15, 0.2) is 9.84 Å². The minimum absolute atomic E-state index is 0.00859. The molecule has 5 nitrogen and oxygen atoms in total. The van der Waals surface area contributed by atoms with Crippen LogP contribution in [0.4, 0.5) is 0 Å². The van der Waals surface area contributed by atoms with E-state index in [1.807, 2.05) is 13.8 Å². The molecule has 0 saturated carbocycles. The molecule has 2 aromatic rings. The fraction of sp³-hybridized carbons (Fsp3) is 0.250. The summed E-state index contributed by atoms with van der Waals surface area (Å²) in [5.74, 6) is -0.430. The normalized spacial score (nSPS) is 12.7. The molecule has 0 aliphatic heterocycles. The van der Waals surface area contributed by atoms with Crippen LogP contribution in [0.25, 0.3) is 0 Å². The van der Waals surface area contributed by atoms with Gasteiger partial charge in [0, 0.05) is 18.5 Å². The number of hydrogen-bond acceptors (Lipinski definition) is 4. The van der Waals surface area contributed by atoms with Crippen LogP contribution in [0.1, 0.15) is 24.2 Å². The molecule has 0 fully saturated rings. The van der Waals surface area contributed by atoms with Crippen LogP contribution in [0.5, 0.6) is 0 Å². The first kappa shape index (κ1) is 17.4. The predicted molar refractivity (Wildman–Crippen MR) is 89.4 cm³/mol. The third-order valence-electron chi connectivity index (χ3n) is 3.04. The van der Waals surface area contributed by atoms with Gasteiger partial charge in [-0.25, -0.2) is 8.42 Å². The molecule has 0 atom stereocenters. The van der Waals surface area contributed by atoms with Gasteiger partial charge in [-0.3, -0.25) is 14.4 Å². The molecule has 1 heterocycles. The Bertz CT molecular complexity index is 915. The molecule has 1 aromatic carbocycles. The van der Waals surface area contributed by atoms with E-state index in [1.165, 1.54) is 22.8 Å². The van der Waals surface area contributed by atoms with Crippen LogP contribution in [0.2, 0.25) is 5.02 Å². The van der Waals surface area contributed by atoms with Crippen molar-refractivity contribution in [1.29, 1.82) is 0 Å². The standard InChI is InChI=1S/C16H17ClN2O3S/c1-11(2)18-15-6-4-5-9-19(15)16(20)13-10-12(23(3,21)22)7-8-14(13)17/h4-11H,1-3H3. The quantitative estimate of drug-likeness (QED) is 0.852. The van der Waals surface area contributed by atoms with Gasteiger partial charge in [0.25, 0.3) is 5.91 Å². The van der Waals surface area contributed by atoms with Gasteiger partial charge in [0.1, 0.15) is 5.49 Å². The molecule has 0 amide bonds. The molecular weight excluding hydrogens is 336 g/mol. The first-order valence-corrected chi connectivity index (χ1v) is 9.23. The zero-order chi connectivity index (χ0) is 17.2. The summed E-state index contributed by atoms with van der Waals surface area (Å²) in [6.45, 7) is 3.80. The summed E-state index contributed by atoms with van der Waals surface area (Å²) in [6, 6.07) is 9.28. The second-order valence-electron chi connectivity index (χ2n) is 5.37. The van der Waals surface area contributed by atoms with Crippen LogP contribution in [-0.2, 0) is 9.84 Å². The average molecular weight is 353 g/mol. The maximum atomic E-state index is 12.8. The van der Waals surface area contributed by atoms with Crippen molar-refractivity contribution in [2.24, 2.45) is 4.99 Å². The molecule has 0 spiro atoms. The highest BCUT2D eigenvalue weighted by atomic mass is 35.5. The zero-order valence-corrected chi connectivity index (χ0v) is 14.6. The van der Waals surface area contributed by atoms with Crippen LogP contribution in [0.15, 0.2) is 52.5 Å². The van der Waals surface area contributed by atoms with E-state index in [1.54, 1.807) is 24.4 Å². The van der Waals surface area contributed by atoms with E-state index < -0.39 is 15.7 Å². The van der Waals surface area contributed by atoms with Crippen LogP contribution >= 0.6 is 11.6 Å². The molecule has 7 heteroatoms. The Kier molecular flexibility index (Phi) is 5.06. The third-order valence-corrected chi connectivity index (χ3v) is 4.48. The monoisotopic (exact) mass is 352 g/mol. The van der Waals surface area contributed by atoms with E-state index in [9.17, 15) is 13.2 Å². The lowest BCUT2D eigenvalue weighted by Crippen LogP contribution is -2.28. The van der Waals surface area contributed by atoms with E-state index in [0.717, 1.165) is 6.26 Å². The fourth-order valence-electron chi connectivity index (χ4n) is 2.00. The second kappa shape index (κ2) is 6.68. The molecule has 0 saturated heterocycles. The van der Waals surface area contributed by atoms with Gasteiger partial charge in [-0.2, -0.15) is 0 Å². The summed E-state index contributed by atoms with van der Waals surface area (Å²) in [5.41, 5.74) is 0.597. The highest BCUT2D eigenvalue weighted by Gasteiger charge is 2.17. The number of nitrogens with zero attached hydrogens (tertiary/aromatic N) is 2. The van der Waals surface area contributed by atoms with Crippen molar-refractivity contribution < 1.29 is 13.2 Å². The van der Waals surface area contributed by atoms with Gasteiger partial charge in [-0.1, -0.05) is 17.7 Å². The van der Waals surface area contributed by atoms with Crippen LogP contribution in [0.3, 0.4) is 0 Å². The molecule has 1 aromatic heterocycles. The highest BCUT2D eigenvalue weighted by molar-refractivity contribution is 7.90. The Morgan fingerprint density at radius 1 is 1.22 bits per heavy atom. The van der Waals surface area contributed by atoms with E-state index in [2.05, 4.69) is 4.99 Å². The van der Waals surface area contributed by atoms with E-state index in [0.29, 0.717) is 5.49 Å². The van der Waals surface area contributed by atoms with Gasteiger partial charge in [-0.05, 0) is 44.2 Å². The van der Waals surface area contributed by atoms with Crippen molar-refractivity contribution in [1.82, 2.24) is 4.57 Å². The number of carbonyl (C=O) groups is 1. The van der Waals surface area contributed by atoms with Crippen molar-refractivity contribution in [2.45, 2.75) is 24.8 Å². The predicted octanol–water partition coefficient (Wildman–Crippen LogP) is 2.54. The summed E-state index contributed by atoms with van der Waals surface area (Å²) in [5, 5.41) is 0.189. The Balaban J connectivity index is 2.63. The van der Waals surface area contributed by atoms with Crippen LogP contribution in [-0.4, -0.2) is 31.2 Å². The average Bonchev–Trinajstić information content (AvgIpc) is 2.46. The van der Waals surface area contributed by atoms with Gasteiger partial charge in [0.2, 0.25) is 0 Å². The number of rotatable bonds is 3. The van der Waals surface area contributed by atoms with Crippen molar-refractivity contribution in [3.8, 4) is 0 Å².